The second-order valence-corrected chi connectivity index (χ2v) is 3.89. The molecular weight excluding hydrogens is 204 g/mol. The highest BCUT2D eigenvalue weighted by Gasteiger charge is 2.13. The molecule has 1 aromatic heterocycles. The summed E-state index contributed by atoms with van der Waals surface area (Å²) in [4.78, 5) is 8.43. The summed E-state index contributed by atoms with van der Waals surface area (Å²) in [6.45, 7) is 5.12. The number of hydrogen-bond donors (Lipinski definition) is 3. The van der Waals surface area contributed by atoms with Crippen molar-refractivity contribution in [3.05, 3.63) is 11.9 Å². The summed E-state index contributed by atoms with van der Waals surface area (Å²) in [5.41, 5.74) is 1.09. The summed E-state index contributed by atoms with van der Waals surface area (Å²) >= 11 is 0. The zero-order valence-corrected chi connectivity index (χ0v) is 10.1. The molecule has 5 heteroatoms. The summed E-state index contributed by atoms with van der Waals surface area (Å²) in [5.74, 6) is 2.06. The highest BCUT2D eigenvalue weighted by molar-refractivity contribution is 5.58. The Morgan fingerprint density at radius 2 is 2.00 bits per heavy atom. The van der Waals surface area contributed by atoms with Gasteiger partial charge in [0.2, 0.25) is 0 Å². The van der Waals surface area contributed by atoms with Crippen LogP contribution in [0.4, 0.5) is 11.6 Å². The fourth-order valence-electron chi connectivity index (χ4n) is 1.57. The molecule has 0 aliphatic carbocycles. The van der Waals surface area contributed by atoms with Crippen molar-refractivity contribution in [2.75, 3.05) is 30.8 Å². The van der Waals surface area contributed by atoms with Crippen molar-refractivity contribution in [3.63, 3.8) is 0 Å². The van der Waals surface area contributed by atoms with Crippen molar-refractivity contribution in [1.29, 1.82) is 0 Å². The number of aromatic nitrogens is 2. The third-order valence-electron chi connectivity index (χ3n) is 2.33. The topological polar surface area (TPSA) is 70.1 Å². The fraction of sp³-hybridized carbons (Fsp3) is 0.636. The van der Waals surface area contributed by atoms with Crippen LogP contribution in [0.3, 0.4) is 0 Å². The first-order chi connectivity index (χ1) is 7.70. The number of aliphatic hydroxyl groups is 1. The van der Waals surface area contributed by atoms with Crippen LogP contribution in [0.2, 0.25) is 0 Å². The van der Waals surface area contributed by atoms with E-state index in [0.29, 0.717) is 5.92 Å². The quantitative estimate of drug-likeness (QED) is 0.638. The lowest BCUT2D eigenvalue weighted by molar-refractivity contribution is 0.292. The van der Waals surface area contributed by atoms with Gasteiger partial charge in [0.15, 0.2) is 0 Å². The Morgan fingerprint density at radius 1 is 1.31 bits per heavy atom. The lowest BCUT2D eigenvalue weighted by Crippen LogP contribution is -2.11. The predicted octanol–water partition coefficient (Wildman–Crippen LogP) is 1.44. The molecule has 0 atom stereocenters. The highest BCUT2D eigenvalue weighted by Crippen LogP contribution is 2.27. The fourth-order valence-corrected chi connectivity index (χ4v) is 1.57. The summed E-state index contributed by atoms with van der Waals surface area (Å²) in [7, 11) is 1.85. The number of rotatable bonds is 6. The third-order valence-corrected chi connectivity index (χ3v) is 2.33. The van der Waals surface area contributed by atoms with Gasteiger partial charge in [-0.3, -0.25) is 0 Å². The smallest absolute Gasteiger partial charge is 0.134 e. The molecule has 0 aliphatic rings. The second-order valence-electron chi connectivity index (χ2n) is 3.89. The van der Waals surface area contributed by atoms with Crippen LogP contribution in [0, 0.1) is 0 Å². The van der Waals surface area contributed by atoms with Crippen LogP contribution in [0.1, 0.15) is 31.7 Å². The van der Waals surface area contributed by atoms with Crippen molar-refractivity contribution in [2.24, 2.45) is 0 Å². The molecule has 90 valence electrons. The molecule has 0 spiro atoms. The molecule has 0 aliphatic heterocycles. The Balaban J connectivity index is 2.89. The Hall–Kier alpha value is -1.36. The molecule has 1 aromatic rings. The maximum absolute atomic E-state index is 8.74. The van der Waals surface area contributed by atoms with E-state index in [2.05, 4.69) is 34.4 Å². The standard InChI is InChI=1S/C11H20N4O/c1-8(2)9-10(12-3)14-7-15-11(9)13-5-4-6-16/h7-8,16H,4-6H2,1-3H3,(H2,12,13,14,15). The summed E-state index contributed by atoms with van der Waals surface area (Å²) < 4.78 is 0. The number of aliphatic hydroxyl groups excluding tert-OH is 1. The number of nitrogens with zero attached hydrogens (tertiary/aromatic N) is 2. The minimum absolute atomic E-state index is 0.188. The SMILES string of the molecule is CNc1ncnc(NCCCO)c1C(C)C. The Bertz CT molecular complexity index is 328. The highest BCUT2D eigenvalue weighted by atomic mass is 16.3. The van der Waals surface area contributed by atoms with Crippen molar-refractivity contribution in [1.82, 2.24) is 9.97 Å². The molecule has 16 heavy (non-hydrogen) atoms. The van der Waals surface area contributed by atoms with Gasteiger partial charge in [0.1, 0.15) is 18.0 Å². The van der Waals surface area contributed by atoms with Gasteiger partial charge < -0.3 is 15.7 Å². The number of nitrogens with one attached hydrogen (secondary N) is 2. The zero-order chi connectivity index (χ0) is 12.0. The van der Waals surface area contributed by atoms with E-state index in [0.717, 1.165) is 30.2 Å². The van der Waals surface area contributed by atoms with Gasteiger partial charge in [-0.25, -0.2) is 9.97 Å². The monoisotopic (exact) mass is 224 g/mol. The van der Waals surface area contributed by atoms with Gasteiger partial charge in [0, 0.05) is 25.8 Å². The van der Waals surface area contributed by atoms with Crippen LogP contribution >= 0.6 is 0 Å². The van der Waals surface area contributed by atoms with Gasteiger partial charge >= 0.3 is 0 Å². The lowest BCUT2D eigenvalue weighted by atomic mass is 10.0. The number of anilines is 2. The molecule has 5 nitrogen and oxygen atoms in total. The Morgan fingerprint density at radius 3 is 2.56 bits per heavy atom. The predicted molar refractivity (Wildman–Crippen MR) is 65.9 cm³/mol. The minimum Gasteiger partial charge on any atom is -0.396 e. The van der Waals surface area contributed by atoms with Crippen LogP contribution in [-0.4, -0.2) is 35.3 Å². The molecule has 0 bridgehead atoms. The molecule has 0 amide bonds. The van der Waals surface area contributed by atoms with Gasteiger partial charge in [-0.1, -0.05) is 13.8 Å². The van der Waals surface area contributed by atoms with E-state index >= 15 is 0 Å². The first-order valence-corrected chi connectivity index (χ1v) is 5.58. The average Bonchev–Trinajstić information content (AvgIpc) is 2.28. The molecule has 0 saturated heterocycles. The number of hydrogen-bond acceptors (Lipinski definition) is 5. The Labute approximate surface area is 96.3 Å². The first-order valence-electron chi connectivity index (χ1n) is 5.58. The zero-order valence-electron chi connectivity index (χ0n) is 10.1. The molecule has 0 unspecified atom stereocenters. The van der Waals surface area contributed by atoms with Crippen LogP contribution in [0.25, 0.3) is 0 Å². The Kier molecular flexibility index (Phi) is 4.98. The maximum atomic E-state index is 8.74. The maximum Gasteiger partial charge on any atom is 0.134 e. The van der Waals surface area contributed by atoms with E-state index in [-0.39, 0.29) is 6.61 Å². The van der Waals surface area contributed by atoms with Crippen LogP contribution in [-0.2, 0) is 0 Å². The van der Waals surface area contributed by atoms with Crippen LogP contribution in [0.5, 0.6) is 0 Å². The van der Waals surface area contributed by atoms with Gasteiger partial charge in [-0.15, -0.1) is 0 Å². The molecule has 0 fully saturated rings. The molecule has 0 radical (unpaired) electrons. The largest absolute Gasteiger partial charge is 0.396 e. The summed E-state index contributed by atoms with van der Waals surface area (Å²) in [6, 6.07) is 0. The molecule has 1 rings (SSSR count). The van der Waals surface area contributed by atoms with Crippen molar-refractivity contribution in [3.8, 4) is 0 Å². The molecule has 0 aromatic carbocycles. The average molecular weight is 224 g/mol. The van der Waals surface area contributed by atoms with Crippen LogP contribution in [0.15, 0.2) is 6.33 Å². The molecular formula is C11H20N4O. The van der Waals surface area contributed by atoms with E-state index in [9.17, 15) is 0 Å². The van der Waals surface area contributed by atoms with Crippen molar-refractivity contribution >= 4 is 11.6 Å². The van der Waals surface area contributed by atoms with Gasteiger partial charge in [-0.05, 0) is 12.3 Å². The van der Waals surface area contributed by atoms with Crippen LogP contribution < -0.4 is 10.6 Å². The third kappa shape index (κ3) is 3.06. The second kappa shape index (κ2) is 6.27. The van der Waals surface area contributed by atoms with Crippen molar-refractivity contribution in [2.45, 2.75) is 26.2 Å². The van der Waals surface area contributed by atoms with E-state index in [1.165, 1.54) is 0 Å². The minimum atomic E-state index is 0.188. The molecule has 0 saturated carbocycles. The van der Waals surface area contributed by atoms with Gasteiger partial charge in [-0.2, -0.15) is 0 Å². The van der Waals surface area contributed by atoms with Gasteiger partial charge in [0.05, 0.1) is 0 Å². The first kappa shape index (κ1) is 12.7. The lowest BCUT2D eigenvalue weighted by Gasteiger charge is -2.16. The normalized spacial score (nSPS) is 10.6. The van der Waals surface area contributed by atoms with Crippen molar-refractivity contribution < 1.29 is 5.11 Å². The molecule has 3 N–H and O–H groups in total. The summed E-state index contributed by atoms with van der Waals surface area (Å²) in [6.07, 6.45) is 2.26. The van der Waals surface area contributed by atoms with E-state index in [4.69, 9.17) is 5.11 Å². The van der Waals surface area contributed by atoms with E-state index in [1.54, 1.807) is 6.33 Å². The van der Waals surface area contributed by atoms with E-state index < -0.39 is 0 Å². The summed E-state index contributed by atoms with van der Waals surface area (Å²) in [5, 5.41) is 15.0. The van der Waals surface area contributed by atoms with E-state index in [1.807, 2.05) is 7.05 Å². The van der Waals surface area contributed by atoms with Gasteiger partial charge in [0.25, 0.3) is 0 Å². The molecule has 1 heterocycles.